The molecule has 0 bridgehead atoms. The van der Waals surface area contributed by atoms with Crippen molar-refractivity contribution in [1.82, 2.24) is 9.78 Å². The Morgan fingerprint density at radius 1 is 1.39 bits per heavy atom. The molecule has 2 aromatic rings. The first-order valence-corrected chi connectivity index (χ1v) is 6.22. The molecule has 1 N–H and O–H groups in total. The molecule has 0 fully saturated rings. The van der Waals surface area contributed by atoms with E-state index in [0.717, 1.165) is 31.0 Å². The van der Waals surface area contributed by atoms with E-state index in [1.54, 1.807) is 4.68 Å². The van der Waals surface area contributed by atoms with E-state index in [2.05, 4.69) is 29.5 Å². The van der Waals surface area contributed by atoms with Crippen LogP contribution in [0.25, 0.3) is 0 Å². The number of hydrogen-bond acceptors (Lipinski definition) is 3. The van der Waals surface area contributed by atoms with Crippen LogP contribution in [0, 0.1) is 0 Å². The van der Waals surface area contributed by atoms with Crippen LogP contribution in [-0.4, -0.2) is 16.4 Å². The number of aryl methyl sites for hydroxylation is 1. The third kappa shape index (κ3) is 3.52. The molecular formula is C14H19N3O. The number of aromatic nitrogens is 2. The van der Waals surface area contributed by atoms with E-state index in [4.69, 9.17) is 4.74 Å². The highest BCUT2D eigenvalue weighted by molar-refractivity contribution is 5.40. The Morgan fingerprint density at radius 2 is 2.28 bits per heavy atom. The fourth-order valence-corrected chi connectivity index (χ4v) is 1.68. The second-order valence-corrected chi connectivity index (χ2v) is 4.25. The Balaban J connectivity index is 1.92. The molecule has 0 unspecified atom stereocenters. The van der Waals surface area contributed by atoms with Gasteiger partial charge in [-0.1, -0.05) is 19.1 Å². The lowest BCUT2D eigenvalue weighted by atomic mass is 10.2. The molecule has 0 aliphatic carbocycles. The van der Waals surface area contributed by atoms with Gasteiger partial charge in [-0.3, -0.25) is 4.68 Å². The lowest BCUT2D eigenvalue weighted by molar-refractivity contribution is 0.317. The SMILES string of the molecule is CCCOc1cccc(CNc2cnn(C)c2)c1. The Hall–Kier alpha value is -1.97. The van der Waals surface area contributed by atoms with E-state index in [0.29, 0.717) is 0 Å². The molecule has 18 heavy (non-hydrogen) atoms. The van der Waals surface area contributed by atoms with Gasteiger partial charge in [0.25, 0.3) is 0 Å². The molecule has 4 heteroatoms. The maximum Gasteiger partial charge on any atom is 0.119 e. The van der Waals surface area contributed by atoms with Crippen LogP contribution in [0.5, 0.6) is 5.75 Å². The Morgan fingerprint density at radius 3 is 3.00 bits per heavy atom. The molecule has 0 saturated carbocycles. The van der Waals surface area contributed by atoms with Gasteiger partial charge < -0.3 is 10.1 Å². The van der Waals surface area contributed by atoms with Gasteiger partial charge in [0.2, 0.25) is 0 Å². The van der Waals surface area contributed by atoms with Crippen molar-refractivity contribution in [2.45, 2.75) is 19.9 Å². The minimum Gasteiger partial charge on any atom is -0.494 e. The second kappa shape index (κ2) is 6.10. The maximum atomic E-state index is 5.61. The molecular weight excluding hydrogens is 226 g/mol. The van der Waals surface area contributed by atoms with Crippen LogP contribution >= 0.6 is 0 Å². The van der Waals surface area contributed by atoms with E-state index < -0.39 is 0 Å². The first-order chi connectivity index (χ1) is 8.78. The first kappa shape index (κ1) is 12.5. The fourth-order valence-electron chi connectivity index (χ4n) is 1.68. The standard InChI is InChI=1S/C14H19N3O/c1-3-7-18-14-6-4-5-12(8-14)9-15-13-10-16-17(2)11-13/h4-6,8,10-11,15H,3,7,9H2,1-2H3. The van der Waals surface area contributed by atoms with Crippen molar-refractivity contribution in [1.29, 1.82) is 0 Å². The first-order valence-electron chi connectivity index (χ1n) is 6.22. The zero-order valence-electron chi connectivity index (χ0n) is 10.9. The molecule has 1 aromatic carbocycles. The minimum atomic E-state index is 0.763. The van der Waals surface area contributed by atoms with Gasteiger partial charge in [0.1, 0.15) is 5.75 Å². The van der Waals surface area contributed by atoms with E-state index in [-0.39, 0.29) is 0 Å². The lowest BCUT2D eigenvalue weighted by Crippen LogP contribution is -2.00. The van der Waals surface area contributed by atoms with Gasteiger partial charge in [0.05, 0.1) is 18.5 Å². The number of benzene rings is 1. The third-order valence-electron chi connectivity index (χ3n) is 2.57. The summed E-state index contributed by atoms with van der Waals surface area (Å²) in [5.41, 5.74) is 2.23. The zero-order chi connectivity index (χ0) is 12.8. The van der Waals surface area contributed by atoms with Crippen LogP contribution in [0.4, 0.5) is 5.69 Å². The number of rotatable bonds is 6. The minimum absolute atomic E-state index is 0.763. The lowest BCUT2D eigenvalue weighted by Gasteiger charge is -2.07. The van der Waals surface area contributed by atoms with Crippen molar-refractivity contribution in [3.05, 3.63) is 42.2 Å². The predicted molar refractivity (Wildman–Crippen MR) is 72.8 cm³/mol. The van der Waals surface area contributed by atoms with Gasteiger partial charge in [0, 0.05) is 19.8 Å². The third-order valence-corrected chi connectivity index (χ3v) is 2.57. The molecule has 0 spiro atoms. The van der Waals surface area contributed by atoms with Crippen LogP contribution < -0.4 is 10.1 Å². The molecule has 0 atom stereocenters. The number of nitrogens with zero attached hydrogens (tertiary/aromatic N) is 2. The van der Waals surface area contributed by atoms with Crippen molar-refractivity contribution < 1.29 is 4.74 Å². The summed E-state index contributed by atoms with van der Waals surface area (Å²) in [6, 6.07) is 8.16. The Kier molecular flexibility index (Phi) is 4.23. The topological polar surface area (TPSA) is 39.1 Å². The summed E-state index contributed by atoms with van der Waals surface area (Å²) in [7, 11) is 1.91. The van der Waals surface area contributed by atoms with E-state index in [1.807, 2.05) is 31.6 Å². The summed E-state index contributed by atoms with van der Waals surface area (Å²) in [6.45, 7) is 3.64. The van der Waals surface area contributed by atoms with Gasteiger partial charge in [-0.15, -0.1) is 0 Å². The monoisotopic (exact) mass is 245 g/mol. The molecule has 0 saturated heterocycles. The summed E-state index contributed by atoms with van der Waals surface area (Å²) in [6.07, 6.45) is 4.80. The Bertz CT molecular complexity index is 493. The van der Waals surface area contributed by atoms with Gasteiger partial charge in [-0.05, 0) is 24.1 Å². The highest BCUT2D eigenvalue weighted by Gasteiger charge is 1.98. The van der Waals surface area contributed by atoms with Gasteiger partial charge in [-0.2, -0.15) is 5.10 Å². The average Bonchev–Trinajstić information content (AvgIpc) is 2.80. The quantitative estimate of drug-likeness (QED) is 0.850. The summed E-state index contributed by atoms with van der Waals surface area (Å²) >= 11 is 0. The molecule has 2 rings (SSSR count). The number of anilines is 1. The van der Waals surface area contributed by atoms with Gasteiger partial charge in [-0.25, -0.2) is 0 Å². The van der Waals surface area contributed by atoms with Crippen LogP contribution in [0.3, 0.4) is 0 Å². The second-order valence-electron chi connectivity index (χ2n) is 4.25. The van der Waals surface area contributed by atoms with E-state index in [1.165, 1.54) is 5.56 Å². The fraction of sp³-hybridized carbons (Fsp3) is 0.357. The van der Waals surface area contributed by atoms with Crippen LogP contribution in [-0.2, 0) is 13.6 Å². The molecule has 0 aliphatic rings. The van der Waals surface area contributed by atoms with Crippen LogP contribution in [0.1, 0.15) is 18.9 Å². The molecule has 0 aliphatic heterocycles. The van der Waals surface area contributed by atoms with Crippen molar-refractivity contribution in [2.24, 2.45) is 7.05 Å². The average molecular weight is 245 g/mol. The molecule has 0 amide bonds. The number of nitrogens with one attached hydrogen (secondary N) is 1. The van der Waals surface area contributed by atoms with E-state index >= 15 is 0 Å². The normalized spacial score (nSPS) is 10.3. The zero-order valence-corrected chi connectivity index (χ0v) is 10.9. The van der Waals surface area contributed by atoms with Gasteiger partial charge in [0.15, 0.2) is 0 Å². The van der Waals surface area contributed by atoms with E-state index in [9.17, 15) is 0 Å². The molecule has 0 radical (unpaired) electrons. The highest BCUT2D eigenvalue weighted by Crippen LogP contribution is 2.15. The number of ether oxygens (including phenoxy) is 1. The Labute approximate surface area is 108 Å². The number of hydrogen-bond donors (Lipinski definition) is 1. The highest BCUT2D eigenvalue weighted by atomic mass is 16.5. The summed E-state index contributed by atoms with van der Waals surface area (Å²) in [5, 5.41) is 7.44. The summed E-state index contributed by atoms with van der Waals surface area (Å²) < 4.78 is 7.39. The van der Waals surface area contributed by atoms with Crippen molar-refractivity contribution >= 4 is 5.69 Å². The largest absolute Gasteiger partial charge is 0.494 e. The summed E-state index contributed by atoms with van der Waals surface area (Å²) in [4.78, 5) is 0. The van der Waals surface area contributed by atoms with Crippen LogP contribution in [0.2, 0.25) is 0 Å². The van der Waals surface area contributed by atoms with Gasteiger partial charge >= 0.3 is 0 Å². The molecule has 1 aromatic heterocycles. The van der Waals surface area contributed by atoms with Crippen LogP contribution in [0.15, 0.2) is 36.7 Å². The van der Waals surface area contributed by atoms with Crippen molar-refractivity contribution in [2.75, 3.05) is 11.9 Å². The summed E-state index contributed by atoms with van der Waals surface area (Å²) in [5.74, 6) is 0.933. The van der Waals surface area contributed by atoms with Crippen molar-refractivity contribution in [3.8, 4) is 5.75 Å². The predicted octanol–water partition coefficient (Wildman–Crippen LogP) is 2.82. The smallest absolute Gasteiger partial charge is 0.119 e. The maximum absolute atomic E-state index is 5.61. The van der Waals surface area contributed by atoms with Crippen molar-refractivity contribution in [3.63, 3.8) is 0 Å². The molecule has 4 nitrogen and oxygen atoms in total. The molecule has 1 heterocycles. The molecule has 96 valence electrons.